The Kier molecular flexibility index (Phi) is 5.73. The molecule has 27 heavy (non-hydrogen) atoms. The maximum atomic E-state index is 12.8. The van der Waals surface area contributed by atoms with Crippen molar-refractivity contribution in [2.24, 2.45) is 0 Å². The quantitative estimate of drug-likeness (QED) is 0.547. The fourth-order valence-corrected chi connectivity index (χ4v) is 4.33. The lowest BCUT2D eigenvalue weighted by Gasteiger charge is -2.31. The molecule has 0 radical (unpaired) electrons. The number of sulfonamides is 1. The smallest absolute Gasteiger partial charge is 0.293 e. The number of rotatable bonds is 7. The molecule has 2 heterocycles. The Labute approximate surface area is 157 Å². The standard InChI is InChI=1S/C16H22N6O4S/c1-19-9-11-21(12-10-19)27(25,26)14-3-4-15(16(13-14)22(23)24)17-6-8-20-7-2-5-18-20/h2-5,7,13,17H,6,8-12H2,1H3. The van der Waals surface area contributed by atoms with Gasteiger partial charge in [0.2, 0.25) is 10.0 Å². The van der Waals surface area contributed by atoms with Gasteiger partial charge >= 0.3 is 0 Å². The Morgan fingerprint density at radius 2 is 2.00 bits per heavy atom. The summed E-state index contributed by atoms with van der Waals surface area (Å²) in [6.45, 7) is 2.97. The summed E-state index contributed by atoms with van der Waals surface area (Å²) in [6.07, 6.45) is 3.45. The van der Waals surface area contributed by atoms with Crippen molar-refractivity contribution in [3.63, 3.8) is 0 Å². The Morgan fingerprint density at radius 1 is 1.26 bits per heavy atom. The first kappa shape index (κ1) is 19.3. The van der Waals surface area contributed by atoms with E-state index in [1.54, 1.807) is 23.1 Å². The molecule has 0 saturated carbocycles. The van der Waals surface area contributed by atoms with Crippen LogP contribution in [0.15, 0.2) is 41.6 Å². The van der Waals surface area contributed by atoms with Crippen molar-refractivity contribution in [1.29, 1.82) is 0 Å². The molecule has 1 aromatic heterocycles. The van der Waals surface area contributed by atoms with E-state index in [2.05, 4.69) is 10.4 Å². The van der Waals surface area contributed by atoms with Crippen LogP contribution in [0.3, 0.4) is 0 Å². The first-order chi connectivity index (χ1) is 12.9. The molecule has 1 aliphatic rings. The van der Waals surface area contributed by atoms with E-state index < -0.39 is 14.9 Å². The minimum Gasteiger partial charge on any atom is -0.378 e. The van der Waals surface area contributed by atoms with Crippen LogP contribution in [0, 0.1) is 10.1 Å². The molecule has 1 aliphatic heterocycles. The highest BCUT2D eigenvalue weighted by Gasteiger charge is 2.29. The van der Waals surface area contributed by atoms with E-state index in [4.69, 9.17) is 0 Å². The third-order valence-corrected chi connectivity index (χ3v) is 6.38. The molecule has 1 aromatic carbocycles. The number of benzene rings is 1. The number of aromatic nitrogens is 2. The van der Waals surface area contributed by atoms with Crippen molar-refractivity contribution in [2.75, 3.05) is 45.1 Å². The number of nitro groups is 1. The third kappa shape index (κ3) is 4.43. The topological polar surface area (TPSA) is 114 Å². The van der Waals surface area contributed by atoms with Gasteiger partial charge in [0.05, 0.1) is 16.4 Å². The zero-order valence-electron chi connectivity index (χ0n) is 15.0. The van der Waals surface area contributed by atoms with Crippen LogP contribution >= 0.6 is 0 Å². The van der Waals surface area contributed by atoms with Crippen molar-refractivity contribution in [3.05, 3.63) is 46.8 Å². The molecule has 10 nitrogen and oxygen atoms in total. The Bertz CT molecular complexity index is 892. The number of anilines is 1. The summed E-state index contributed by atoms with van der Waals surface area (Å²) < 4.78 is 28.7. The lowest BCUT2D eigenvalue weighted by Crippen LogP contribution is -2.47. The van der Waals surface area contributed by atoms with Gasteiger partial charge in [-0.2, -0.15) is 9.40 Å². The van der Waals surface area contributed by atoms with Crippen molar-refractivity contribution in [2.45, 2.75) is 11.4 Å². The van der Waals surface area contributed by atoms with Crippen molar-refractivity contribution in [3.8, 4) is 0 Å². The molecule has 0 spiro atoms. The predicted molar refractivity (Wildman–Crippen MR) is 100 cm³/mol. The second kappa shape index (κ2) is 8.03. The molecule has 146 valence electrons. The van der Waals surface area contributed by atoms with Crippen LogP contribution in [0.1, 0.15) is 0 Å². The monoisotopic (exact) mass is 394 g/mol. The van der Waals surface area contributed by atoms with Gasteiger partial charge in [-0.05, 0) is 25.2 Å². The van der Waals surface area contributed by atoms with Gasteiger partial charge in [-0.25, -0.2) is 8.42 Å². The summed E-state index contributed by atoms with van der Waals surface area (Å²) >= 11 is 0. The Morgan fingerprint density at radius 3 is 2.63 bits per heavy atom. The van der Waals surface area contributed by atoms with Gasteiger partial charge < -0.3 is 10.2 Å². The summed E-state index contributed by atoms with van der Waals surface area (Å²) in [6, 6.07) is 5.78. The van der Waals surface area contributed by atoms with Crippen LogP contribution in [-0.4, -0.2) is 72.1 Å². The van der Waals surface area contributed by atoms with Crippen LogP contribution < -0.4 is 5.32 Å². The maximum absolute atomic E-state index is 12.8. The van der Waals surface area contributed by atoms with E-state index in [1.807, 2.05) is 11.9 Å². The number of nitro benzene ring substituents is 1. The molecule has 0 bridgehead atoms. The molecule has 1 N–H and O–H groups in total. The van der Waals surface area contributed by atoms with Gasteiger partial charge in [-0.1, -0.05) is 0 Å². The second-order valence-electron chi connectivity index (χ2n) is 6.34. The van der Waals surface area contributed by atoms with Crippen LogP contribution in [-0.2, 0) is 16.6 Å². The fraction of sp³-hybridized carbons (Fsp3) is 0.438. The summed E-state index contributed by atoms with van der Waals surface area (Å²) in [4.78, 5) is 12.9. The van der Waals surface area contributed by atoms with E-state index in [0.29, 0.717) is 39.3 Å². The molecule has 1 fully saturated rings. The number of hydrogen-bond donors (Lipinski definition) is 1. The number of nitrogens with zero attached hydrogens (tertiary/aromatic N) is 5. The minimum atomic E-state index is -3.75. The largest absolute Gasteiger partial charge is 0.378 e. The summed E-state index contributed by atoms with van der Waals surface area (Å²) in [7, 11) is -1.82. The Hall–Kier alpha value is -2.50. The number of likely N-dealkylation sites (N-methyl/N-ethyl adjacent to an activating group) is 1. The molecule has 0 amide bonds. The van der Waals surface area contributed by atoms with Gasteiger partial charge in [0.25, 0.3) is 5.69 Å². The SMILES string of the molecule is CN1CCN(S(=O)(=O)c2ccc(NCCn3cccn3)c([N+](=O)[O-])c2)CC1. The Balaban J connectivity index is 1.77. The predicted octanol–water partition coefficient (Wildman–Crippen LogP) is 0.839. The highest BCUT2D eigenvalue weighted by atomic mass is 32.2. The molecular weight excluding hydrogens is 372 g/mol. The number of piperazine rings is 1. The molecule has 0 unspecified atom stereocenters. The zero-order chi connectivity index (χ0) is 19.4. The van der Waals surface area contributed by atoms with Gasteiger partial charge in [0, 0.05) is 51.2 Å². The van der Waals surface area contributed by atoms with Gasteiger partial charge in [-0.3, -0.25) is 14.8 Å². The lowest BCUT2D eigenvalue weighted by atomic mass is 10.2. The van der Waals surface area contributed by atoms with Gasteiger partial charge in [0.15, 0.2) is 0 Å². The van der Waals surface area contributed by atoms with Crippen LogP contribution in [0.25, 0.3) is 0 Å². The van der Waals surface area contributed by atoms with E-state index in [-0.39, 0.29) is 16.3 Å². The average Bonchev–Trinajstić information content (AvgIpc) is 3.15. The van der Waals surface area contributed by atoms with E-state index >= 15 is 0 Å². The van der Waals surface area contributed by atoms with Crippen molar-refractivity contribution in [1.82, 2.24) is 19.0 Å². The molecule has 2 aromatic rings. The summed E-state index contributed by atoms with van der Waals surface area (Å²) in [5.41, 5.74) is 0.0233. The summed E-state index contributed by atoms with van der Waals surface area (Å²) in [5, 5.41) is 18.5. The fourth-order valence-electron chi connectivity index (χ4n) is 2.89. The van der Waals surface area contributed by atoms with Gasteiger partial charge in [0.1, 0.15) is 5.69 Å². The van der Waals surface area contributed by atoms with Crippen LogP contribution in [0.2, 0.25) is 0 Å². The van der Waals surface area contributed by atoms with Crippen molar-refractivity contribution >= 4 is 21.4 Å². The highest BCUT2D eigenvalue weighted by Crippen LogP contribution is 2.29. The van der Waals surface area contributed by atoms with Crippen molar-refractivity contribution < 1.29 is 13.3 Å². The second-order valence-corrected chi connectivity index (χ2v) is 8.28. The average molecular weight is 394 g/mol. The molecule has 0 atom stereocenters. The zero-order valence-corrected chi connectivity index (χ0v) is 15.8. The molecule has 11 heteroatoms. The first-order valence-electron chi connectivity index (χ1n) is 8.56. The van der Waals surface area contributed by atoms with Crippen LogP contribution in [0.5, 0.6) is 0 Å². The maximum Gasteiger partial charge on any atom is 0.293 e. The molecule has 3 rings (SSSR count). The molecule has 1 saturated heterocycles. The van der Waals surface area contributed by atoms with Crippen LogP contribution in [0.4, 0.5) is 11.4 Å². The third-order valence-electron chi connectivity index (χ3n) is 4.48. The van der Waals surface area contributed by atoms with E-state index in [0.717, 1.165) is 6.07 Å². The van der Waals surface area contributed by atoms with E-state index in [9.17, 15) is 18.5 Å². The lowest BCUT2D eigenvalue weighted by molar-refractivity contribution is -0.384. The first-order valence-corrected chi connectivity index (χ1v) is 10.0. The molecular formula is C16H22N6O4S. The van der Waals surface area contributed by atoms with Gasteiger partial charge in [-0.15, -0.1) is 0 Å². The minimum absolute atomic E-state index is 0.0589. The normalized spacial score (nSPS) is 16.3. The van der Waals surface area contributed by atoms with E-state index in [1.165, 1.54) is 16.4 Å². The molecule has 0 aliphatic carbocycles. The summed E-state index contributed by atoms with van der Waals surface area (Å²) in [5.74, 6) is 0. The highest BCUT2D eigenvalue weighted by molar-refractivity contribution is 7.89. The number of hydrogen-bond acceptors (Lipinski definition) is 7. The number of nitrogens with one attached hydrogen (secondary N) is 1.